The monoisotopic (exact) mass is 280 g/mol. The second-order valence-electron chi connectivity index (χ2n) is 4.68. The quantitative estimate of drug-likeness (QED) is 0.733. The molecular formula is C15H24N2O3. The van der Waals surface area contributed by atoms with E-state index in [1.807, 2.05) is 0 Å². The van der Waals surface area contributed by atoms with Crippen LogP contribution in [0.3, 0.4) is 0 Å². The molecule has 1 saturated heterocycles. The van der Waals surface area contributed by atoms with Crippen molar-refractivity contribution in [1.82, 2.24) is 0 Å². The Bertz CT molecular complexity index is 364. The van der Waals surface area contributed by atoms with Crippen molar-refractivity contribution in [1.29, 1.82) is 0 Å². The molecule has 0 saturated carbocycles. The number of ether oxygens (including phenoxy) is 3. The van der Waals surface area contributed by atoms with Crippen LogP contribution < -0.4 is 10.2 Å². The largest absolute Gasteiger partial charge is 0.383 e. The lowest BCUT2D eigenvalue weighted by Gasteiger charge is -2.28. The van der Waals surface area contributed by atoms with E-state index in [2.05, 4.69) is 34.5 Å². The number of methoxy groups -OCH3 is 1. The van der Waals surface area contributed by atoms with E-state index in [1.165, 1.54) is 5.69 Å². The van der Waals surface area contributed by atoms with E-state index in [1.54, 1.807) is 7.11 Å². The molecule has 0 aromatic heterocycles. The van der Waals surface area contributed by atoms with Crippen molar-refractivity contribution < 1.29 is 14.2 Å². The Balaban J connectivity index is 1.68. The molecule has 5 nitrogen and oxygen atoms in total. The molecule has 0 spiro atoms. The highest BCUT2D eigenvalue weighted by molar-refractivity contribution is 5.55. The Morgan fingerprint density at radius 3 is 2.55 bits per heavy atom. The molecule has 0 unspecified atom stereocenters. The first-order valence-electron chi connectivity index (χ1n) is 7.13. The number of hydrogen-bond donors (Lipinski definition) is 1. The Morgan fingerprint density at radius 2 is 1.85 bits per heavy atom. The standard InChI is InChI=1S/C15H24N2O3/c1-18-12-13-19-9-6-16-14-2-4-15(5-3-14)17-7-10-20-11-8-17/h2-5,16H,6-13H2,1H3. The maximum absolute atomic E-state index is 5.41. The first kappa shape index (κ1) is 15.1. The number of morpholine rings is 1. The van der Waals surface area contributed by atoms with Crippen molar-refractivity contribution in [3.05, 3.63) is 24.3 Å². The fourth-order valence-corrected chi connectivity index (χ4v) is 2.12. The molecule has 5 heteroatoms. The van der Waals surface area contributed by atoms with Gasteiger partial charge in [0.25, 0.3) is 0 Å². The van der Waals surface area contributed by atoms with Gasteiger partial charge >= 0.3 is 0 Å². The summed E-state index contributed by atoms with van der Waals surface area (Å²) in [5, 5.41) is 3.34. The molecule has 0 radical (unpaired) electrons. The second kappa shape index (κ2) is 8.79. The zero-order valence-electron chi connectivity index (χ0n) is 12.1. The second-order valence-corrected chi connectivity index (χ2v) is 4.68. The van der Waals surface area contributed by atoms with Crippen LogP contribution in [0.25, 0.3) is 0 Å². The third-order valence-electron chi connectivity index (χ3n) is 3.25. The van der Waals surface area contributed by atoms with Gasteiger partial charge in [-0.25, -0.2) is 0 Å². The SMILES string of the molecule is COCCOCCNc1ccc(N2CCOCC2)cc1. The summed E-state index contributed by atoms with van der Waals surface area (Å²) in [6.07, 6.45) is 0. The van der Waals surface area contributed by atoms with Gasteiger partial charge in [-0.2, -0.15) is 0 Å². The first-order chi connectivity index (χ1) is 9.90. The number of hydrogen-bond acceptors (Lipinski definition) is 5. The maximum Gasteiger partial charge on any atom is 0.0701 e. The number of nitrogens with one attached hydrogen (secondary N) is 1. The summed E-state index contributed by atoms with van der Waals surface area (Å²) in [5.74, 6) is 0. The topological polar surface area (TPSA) is 43.0 Å². The lowest BCUT2D eigenvalue weighted by Crippen LogP contribution is -2.36. The molecule has 0 atom stereocenters. The van der Waals surface area contributed by atoms with E-state index in [4.69, 9.17) is 14.2 Å². The Labute approximate surface area is 120 Å². The third-order valence-corrected chi connectivity index (χ3v) is 3.25. The van der Waals surface area contributed by atoms with E-state index < -0.39 is 0 Å². The van der Waals surface area contributed by atoms with Crippen molar-refractivity contribution in [3.63, 3.8) is 0 Å². The van der Waals surface area contributed by atoms with Crippen LogP contribution in [0.5, 0.6) is 0 Å². The molecule has 0 bridgehead atoms. The normalized spacial score (nSPS) is 15.3. The molecule has 1 aromatic rings. The molecule has 112 valence electrons. The zero-order chi connectivity index (χ0) is 14.0. The fraction of sp³-hybridized carbons (Fsp3) is 0.600. The molecule has 1 aliphatic rings. The van der Waals surface area contributed by atoms with Crippen LogP contribution in [-0.2, 0) is 14.2 Å². The minimum absolute atomic E-state index is 0.647. The predicted octanol–water partition coefficient (Wildman–Crippen LogP) is 1.60. The van der Waals surface area contributed by atoms with Gasteiger partial charge in [0.15, 0.2) is 0 Å². The van der Waals surface area contributed by atoms with E-state index >= 15 is 0 Å². The predicted molar refractivity (Wildman–Crippen MR) is 80.7 cm³/mol. The van der Waals surface area contributed by atoms with Crippen LogP contribution in [0, 0.1) is 0 Å². The minimum Gasteiger partial charge on any atom is -0.383 e. The highest BCUT2D eigenvalue weighted by Crippen LogP contribution is 2.18. The Morgan fingerprint density at radius 1 is 1.10 bits per heavy atom. The van der Waals surface area contributed by atoms with Gasteiger partial charge in [-0.15, -0.1) is 0 Å². The molecule has 0 aliphatic carbocycles. The summed E-state index contributed by atoms with van der Waals surface area (Å²) in [6, 6.07) is 8.53. The highest BCUT2D eigenvalue weighted by Gasteiger charge is 2.10. The van der Waals surface area contributed by atoms with Gasteiger partial charge in [-0.05, 0) is 24.3 Å². The highest BCUT2D eigenvalue weighted by atomic mass is 16.5. The zero-order valence-corrected chi connectivity index (χ0v) is 12.1. The van der Waals surface area contributed by atoms with Gasteiger partial charge in [0.1, 0.15) is 0 Å². The van der Waals surface area contributed by atoms with Crippen molar-refractivity contribution >= 4 is 11.4 Å². The Kier molecular flexibility index (Phi) is 6.63. The lowest BCUT2D eigenvalue weighted by atomic mass is 10.2. The molecule has 20 heavy (non-hydrogen) atoms. The smallest absolute Gasteiger partial charge is 0.0701 e. The summed E-state index contributed by atoms with van der Waals surface area (Å²) in [5.41, 5.74) is 2.38. The molecule has 1 heterocycles. The lowest BCUT2D eigenvalue weighted by molar-refractivity contribution is 0.0759. The van der Waals surface area contributed by atoms with Crippen molar-refractivity contribution in [2.75, 3.05) is 70.0 Å². The average molecular weight is 280 g/mol. The van der Waals surface area contributed by atoms with Crippen LogP contribution in [0.4, 0.5) is 11.4 Å². The summed E-state index contributed by atoms with van der Waals surface area (Å²) in [7, 11) is 1.68. The molecule has 1 aromatic carbocycles. The van der Waals surface area contributed by atoms with Gasteiger partial charge in [0.2, 0.25) is 0 Å². The minimum atomic E-state index is 0.647. The van der Waals surface area contributed by atoms with E-state index in [9.17, 15) is 0 Å². The third kappa shape index (κ3) is 5.00. The molecular weight excluding hydrogens is 256 g/mol. The van der Waals surface area contributed by atoms with Crippen LogP contribution in [-0.4, -0.2) is 59.8 Å². The number of benzene rings is 1. The summed E-state index contributed by atoms with van der Waals surface area (Å²) < 4.78 is 15.7. The number of nitrogens with zero attached hydrogens (tertiary/aromatic N) is 1. The molecule has 1 N–H and O–H groups in total. The van der Waals surface area contributed by atoms with Crippen LogP contribution in [0.15, 0.2) is 24.3 Å². The van der Waals surface area contributed by atoms with Gasteiger partial charge in [-0.1, -0.05) is 0 Å². The summed E-state index contributed by atoms with van der Waals surface area (Å²) in [4.78, 5) is 2.35. The number of anilines is 2. The van der Waals surface area contributed by atoms with Crippen LogP contribution in [0.1, 0.15) is 0 Å². The molecule has 1 fully saturated rings. The fourth-order valence-electron chi connectivity index (χ4n) is 2.12. The van der Waals surface area contributed by atoms with E-state index in [0.717, 1.165) is 38.5 Å². The first-order valence-corrected chi connectivity index (χ1v) is 7.13. The van der Waals surface area contributed by atoms with E-state index in [-0.39, 0.29) is 0 Å². The van der Waals surface area contributed by atoms with Gasteiger partial charge in [0.05, 0.1) is 33.0 Å². The summed E-state index contributed by atoms with van der Waals surface area (Å²) in [6.45, 7) is 6.37. The molecule has 1 aliphatic heterocycles. The maximum atomic E-state index is 5.41. The summed E-state index contributed by atoms with van der Waals surface area (Å²) >= 11 is 0. The molecule has 0 amide bonds. The number of rotatable bonds is 8. The van der Waals surface area contributed by atoms with Crippen LogP contribution >= 0.6 is 0 Å². The van der Waals surface area contributed by atoms with Crippen molar-refractivity contribution in [2.24, 2.45) is 0 Å². The van der Waals surface area contributed by atoms with Gasteiger partial charge in [0, 0.05) is 38.1 Å². The van der Waals surface area contributed by atoms with Gasteiger partial charge in [-0.3, -0.25) is 0 Å². The van der Waals surface area contributed by atoms with Crippen molar-refractivity contribution in [2.45, 2.75) is 0 Å². The van der Waals surface area contributed by atoms with Crippen LogP contribution in [0.2, 0.25) is 0 Å². The van der Waals surface area contributed by atoms with E-state index in [0.29, 0.717) is 19.8 Å². The average Bonchev–Trinajstić information content (AvgIpc) is 2.52. The Hall–Kier alpha value is -1.30. The van der Waals surface area contributed by atoms with Gasteiger partial charge < -0.3 is 24.4 Å². The van der Waals surface area contributed by atoms with Crippen molar-refractivity contribution in [3.8, 4) is 0 Å². The molecule has 2 rings (SSSR count).